The van der Waals surface area contributed by atoms with Gasteiger partial charge in [-0.2, -0.15) is 0 Å². The number of hydrogen-bond acceptors (Lipinski definition) is 2. The highest BCUT2D eigenvalue weighted by Gasteiger charge is 2.42. The third-order valence-corrected chi connectivity index (χ3v) is 6.16. The number of unbranched alkanes of at least 4 members (excludes halogenated alkanes) is 4. The minimum absolute atomic E-state index is 0.137. The molecule has 3 nitrogen and oxygen atoms in total. The van der Waals surface area contributed by atoms with Crippen LogP contribution in [0.4, 0.5) is 5.69 Å². The van der Waals surface area contributed by atoms with Crippen LogP contribution in [-0.4, -0.2) is 23.7 Å². The molecule has 0 fully saturated rings. The summed E-state index contributed by atoms with van der Waals surface area (Å²) in [4.78, 5) is 13.1. The summed E-state index contributed by atoms with van der Waals surface area (Å²) in [7, 11) is 0. The first-order valence-corrected chi connectivity index (χ1v) is 9.93. The first-order valence-electron chi connectivity index (χ1n) is 9.93. The van der Waals surface area contributed by atoms with Crippen molar-refractivity contribution >= 4 is 22.4 Å². The van der Waals surface area contributed by atoms with Crippen molar-refractivity contribution in [2.75, 3.05) is 11.4 Å². The molecular weight excluding hydrogens is 322 g/mol. The van der Waals surface area contributed by atoms with Gasteiger partial charge in [0, 0.05) is 30.1 Å². The van der Waals surface area contributed by atoms with E-state index >= 15 is 0 Å². The highest BCUT2D eigenvalue weighted by Crippen LogP contribution is 2.48. The monoisotopic (exact) mass is 353 g/mol. The van der Waals surface area contributed by atoms with Crippen molar-refractivity contribution in [3.8, 4) is 0 Å². The Morgan fingerprint density at radius 2 is 1.73 bits per heavy atom. The minimum Gasteiger partial charge on any atom is -0.481 e. The average Bonchev–Trinajstić information content (AvgIpc) is 2.81. The topological polar surface area (TPSA) is 40.5 Å². The Balaban J connectivity index is 1.67. The maximum absolute atomic E-state index is 10.6. The van der Waals surface area contributed by atoms with Crippen LogP contribution in [0.3, 0.4) is 0 Å². The van der Waals surface area contributed by atoms with Crippen LogP contribution in [0.5, 0.6) is 0 Å². The van der Waals surface area contributed by atoms with Gasteiger partial charge in [0.2, 0.25) is 0 Å². The normalized spacial score (nSPS) is 18.3. The van der Waals surface area contributed by atoms with Crippen molar-refractivity contribution < 1.29 is 9.90 Å². The van der Waals surface area contributed by atoms with Gasteiger partial charge in [-0.15, -0.1) is 0 Å². The Labute approximate surface area is 157 Å². The number of anilines is 1. The molecule has 26 heavy (non-hydrogen) atoms. The first-order chi connectivity index (χ1) is 12.4. The zero-order valence-corrected chi connectivity index (χ0v) is 16.3. The van der Waals surface area contributed by atoms with Crippen LogP contribution < -0.4 is 4.90 Å². The largest absolute Gasteiger partial charge is 0.481 e. The fraction of sp³-hybridized carbons (Fsp3) is 0.522. The van der Waals surface area contributed by atoms with Crippen LogP contribution in [0.2, 0.25) is 0 Å². The van der Waals surface area contributed by atoms with Crippen molar-refractivity contribution in [1.82, 2.24) is 0 Å². The quantitative estimate of drug-likeness (QED) is 0.614. The van der Waals surface area contributed by atoms with E-state index in [9.17, 15) is 4.79 Å². The molecule has 1 aliphatic rings. The van der Waals surface area contributed by atoms with E-state index in [4.69, 9.17) is 5.11 Å². The summed E-state index contributed by atoms with van der Waals surface area (Å²) in [5.41, 5.74) is 3.02. The van der Waals surface area contributed by atoms with Gasteiger partial charge in [0.15, 0.2) is 0 Å². The van der Waals surface area contributed by atoms with Crippen molar-refractivity contribution in [2.45, 2.75) is 70.8 Å². The van der Waals surface area contributed by atoms with Crippen LogP contribution in [0.15, 0.2) is 36.4 Å². The van der Waals surface area contributed by atoms with Gasteiger partial charge in [0.1, 0.15) is 0 Å². The molecule has 2 aromatic carbocycles. The Bertz CT molecular complexity index is 781. The molecule has 0 spiro atoms. The summed E-state index contributed by atoms with van der Waals surface area (Å²) in [5, 5.41) is 11.4. The lowest BCUT2D eigenvalue weighted by molar-refractivity contribution is -0.137. The lowest BCUT2D eigenvalue weighted by Crippen LogP contribution is -2.39. The fourth-order valence-corrected chi connectivity index (χ4v) is 4.39. The number of rotatable bonds is 8. The molecule has 2 aromatic rings. The molecule has 0 radical (unpaired) electrons. The summed E-state index contributed by atoms with van der Waals surface area (Å²) in [5.74, 6) is -0.679. The van der Waals surface area contributed by atoms with Gasteiger partial charge in [-0.05, 0) is 42.2 Å². The van der Waals surface area contributed by atoms with E-state index in [2.05, 4.69) is 62.1 Å². The molecule has 140 valence electrons. The lowest BCUT2D eigenvalue weighted by Gasteiger charge is -2.31. The molecule has 1 N–H and O–H groups in total. The number of nitrogens with zero attached hydrogens (tertiary/aromatic N) is 1. The van der Waals surface area contributed by atoms with Crippen LogP contribution in [0.25, 0.3) is 10.8 Å². The molecule has 3 rings (SSSR count). The number of carbonyl (C=O) groups is 1. The molecule has 1 unspecified atom stereocenters. The third kappa shape index (κ3) is 3.58. The van der Waals surface area contributed by atoms with Gasteiger partial charge in [-0.25, -0.2) is 0 Å². The molecular formula is C23H31NO2. The molecule has 1 heterocycles. The molecule has 0 saturated heterocycles. The highest BCUT2D eigenvalue weighted by molar-refractivity contribution is 5.93. The Morgan fingerprint density at radius 3 is 2.50 bits per heavy atom. The second-order valence-electron chi connectivity index (χ2n) is 8.18. The van der Waals surface area contributed by atoms with Crippen molar-refractivity contribution in [1.29, 1.82) is 0 Å². The zero-order valence-electron chi connectivity index (χ0n) is 16.3. The molecule has 0 bridgehead atoms. The fourth-order valence-electron chi connectivity index (χ4n) is 4.39. The van der Waals surface area contributed by atoms with Gasteiger partial charge in [0.25, 0.3) is 0 Å². The number of carboxylic acid groups (broad SMARTS) is 1. The van der Waals surface area contributed by atoms with Crippen LogP contribution in [0.1, 0.15) is 64.9 Å². The second-order valence-corrected chi connectivity index (χ2v) is 8.18. The predicted molar refractivity (Wildman–Crippen MR) is 109 cm³/mol. The molecule has 1 aliphatic heterocycles. The number of hydrogen-bond donors (Lipinski definition) is 1. The van der Waals surface area contributed by atoms with E-state index in [0.717, 1.165) is 25.8 Å². The predicted octanol–water partition coefficient (Wildman–Crippen LogP) is 5.75. The SMILES string of the molecule is CC1N(CCCCCCCC(=O)O)c2ccc3ccccc3c2C1(C)C. The number of aliphatic carboxylic acids is 1. The maximum Gasteiger partial charge on any atom is 0.303 e. The van der Waals surface area contributed by atoms with E-state index in [0.29, 0.717) is 12.5 Å². The zero-order chi connectivity index (χ0) is 18.7. The van der Waals surface area contributed by atoms with Gasteiger partial charge in [0.05, 0.1) is 0 Å². The second kappa shape index (κ2) is 7.69. The van der Waals surface area contributed by atoms with Gasteiger partial charge < -0.3 is 10.0 Å². The number of carboxylic acids is 1. The van der Waals surface area contributed by atoms with E-state index in [1.54, 1.807) is 0 Å². The Morgan fingerprint density at radius 1 is 1.04 bits per heavy atom. The maximum atomic E-state index is 10.6. The molecule has 0 saturated carbocycles. The van der Waals surface area contributed by atoms with Gasteiger partial charge in [-0.3, -0.25) is 4.79 Å². The summed E-state index contributed by atoms with van der Waals surface area (Å²) >= 11 is 0. The molecule has 1 atom stereocenters. The van der Waals surface area contributed by atoms with Gasteiger partial charge in [-0.1, -0.05) is 63.4 Å². The summed E-state index contributed by atoms with van der Waals surface area (Å²) in [6.45, 7) is 8.17. The number of fused-ring (bicyclic) bond motifs is 3. The summed E-state index contributed by atoms with van der Waals surface area (Å²) in [6.07, 6.45) is 5.60. The minimum atomic E-state index is -0.679. The van der Waals surface area contributed by atoms with Crippen LogP contribution in [-0.2, 0) is 10.2 Å². The molecule has 0 amide bonds. The standard InChI is InChI=1S/C23H31NO2/c1-17-23(2,3)22-19-12-9-8-11-18(19)14-15-20(22)24(17)16-10-6-4-5-7-13-21(25)26/h8-9,11-12,14-15,17H,4-7,10,13,16H2,1-3H3,(H,25,26). The van der Waals surface area contributed by atoms with E-state index in [1.165, 1.54) is 34.9 Å². The molecule has 3 heteroatoms. The summed E-state index contributed by atoms with van der Waals surface area (Å²) in [6, 6.07) is 13.8. The van der Waals surface area contributed by atoms with Crippen molar-refractivity contribution in [3.05, 3.63) is 42.0 Å². The average molecular weight is 354 g/mol. The first kappa shape index (κ1) is 18.8. The number of benzene rings is 2. The Hall–Kier alpha value is -2.03. The molecule has 0 aromatic heterocycles. The highest BCUT2D eigenvalue weighted by atomic mass is 16.4. The van der Waals surface area contributed by atoms with E-state index in [1.807, 2.05) is 0 Å². The van der Waals surface area contributed by atoms with Gasteiger partial charge >= 0.3 is 5.97 Å². The Kier molecular flexibility index (Phi) is 5.55. The smallest absolute Gasteiger partial charge is 0.303 e. The van der Waals surface area contributed by atoms with E-state index < -0.39 is 5.97 Å². The molecule has 0 aliphatic carbocycles. The van der Waals surface area contributed by atoms with Crippen molar-refractivity contribution in [3.63, 3.8) is 0 Å². The van der Waals surface area contributed by atoms with Crippen LogP contribution in [0, 0.1) is 0 Å². The van der Waals surface area contributed by atoms with Crippen LogP contribution >= 0.6 is 0 Å². The van der Waals surface area contributed by atoms with Crippen molar-refractivity contribution in [2.24, 2.45) is 0 Å². The third-order valence-electron chi connectivity index (χ3n) is 6.16. The lowest BCUT2D eigenvalue weighted by atomic mass is 9.79. The van der Waals surface area contributed by atoms with E-state index in [-0.39, 0.29) is 5.41 Å². The summed E-state index contributed by atoms with van der Waals surface area (Å²) < 4.78 is 0.